The highest BCUT2D eigenvalue weighted by Gasteiger charge is 2.35. The molecule has 2 aliphatic rings. The molecular formula is C32H31ClFNO8. The summed E-state index contributed by atoms with van der Waals surface area (Å²) >= 11 is 5.99. The minimum absolute atomic E-state index is 0.00600. The number of hydrogen-bond acceptors (Lipinski definition) is 8. The largest absolute Gasteiger partial charge is 0.505 e. The molecule has 0 bridgehead atoms. The normalized spacial score (nSPS) is 19.8. The van der Waals surface area contributed by atoms with E-state index in [0.717, 1.165) is 5.57 Å². The molecular weight excluding hydrogens is 581 g/mol. The van der Waals surface area contributed by atoms with E-state index in [0.29, 0.717) is 36.0 Å². The summed E-state index contributed by atoms with van der Waals surface area (Å²) in [5, 5.41) is 34.2. The van der Waals surface area contributed by atoms with Crippen molar-refractivity contribution in [2.75, 3.05) is 18.7 Å². The van der Waals surface area contributed by atoms with Gasteiger partial charge in [0.15, 0.2) is 11.5 Å². The van der Waals surface area contributed by atoms with Gasteiger partial charge in [0.1, 0.15) is 41.5 Å². The monoisotopic (exact) mass is 611 g/mol. The Kier molecular flexibility index (Phi) is 8.98. The van der Waals surface area contributed by atoms with Gasteiger partial charge in [-0.2, -0.15) is 0 Å². The van der Waals surface area contributed by atoms with E-state index in [9.17, 15) is 24.5 Å². The van der Waals surface area contributed by atoms with Gasteiger partial charge in [-0.1, -0.05) is 23.2 Å². The van der Waals surface area contributed by atoms with Crippen LogP contribution in [0.15, 0.2) is 65.8 Å². The summed E-state index contributed by atoms with van der Waals surface area (Å²) < 4.78 is 37.0. The maximum atomic E-state index is 15.0. The van der Waals surface area contributed by atoms with Crippen LogP contribution in [0, 0.1) is 11.7 Å². The molecule has 1 heterocycles. The first kappa shape index (κ1) is 30.1. The average molecular weight is 612 g/mol. The summed E-state index contributed by atoms with van der Waals surface area (Å²) in [5.74, 6) is -1.17. The summed E-state index contributed by atoms with van der Waals surface area (Å²) in [6, 6.07) is 12.6. The number of aliphatic hydroxyl groups is 1. The van der Waals surface area contributed by atoms with Crippen molar-refractivity contribution in [3.8, 4) is 34.5 Å². The number of phenolic OH excluding ortho intramolecular Hbond substituents is 2. The van der Waals surface area contributed by atoms with E-state index in [4.69, 9.17) is 30.5 Å². The van der Waals surface area contributed by atoms with Gasteiger partial charge in [0.25, 0.3) is 5.91 Å². The number of benzene rings is 3. The minimum atomic E-state index is -0.670. The van der Waals surface area contributed by atoms with E-state index < -0.39 is 29.3 Å². The lowest BCUT2D eigenvalue weighted by Gasteiger charge is -2.16. The Balaban J connectivity index is 1.18. The number of hydrogen-bond donors (Lipinski definition) is 4. The van der Waals surface area contributed by atoms with Gasteiger partial charge < -0.3 is 39.6 Å². The lowest BCUT2D eigenvalue weighted by atomic mass is 9.96. The van der Waals surface area contributed by atoms with Crippen LogP contribution in [0.4, 0.5) is 10.1 Å². The second-order valence-corrected chi connectivity index (χ2v) is 10.9. The molecule has 1 aliphatic carbocycles. The Morgan fingerprint density at radius 3 is 2.70 bits per heavy atom. The van der Waals surface area contributed by atoms with Gasteiger partial charge in [-0.05, 0) is 62.8 Å². The molecule has 1 amide bonds. The van der Waals surface area contributed by atoms with Gasteiger partial charge in [0.05, 0.1) is 6.10 Å². The lowest BCUT2D eigenvalue weighted by molar-refractivity contribution is -0.112. The fourth-order valence-electron chi connectivity index (χ4n) is 5.07. The number of aromatic hydroxyl groups is 2. The summed E-state index contributed by atoms with van der Waals surface area (Å²) in [4.78, 5) is 12.7. The van der Waals surface area contributed by atoms with Crippen molar-refractivity contribution in [3.05, 3.63) is 82.2 Å². The van der Waals surface area contributed by atoms with Gasteiger partial charge in [-0.15, -0.1) is 0 Å². The number of amides is 1. The second-order valence-electron chi connectivity index (χ2n) is 10.4. The van der Waals surface area contributed by atoms with Crippen molar-refractivity contribution in [1.82, 2.24) is 0 Å². The average Bonchev–Trinajstić information content (AvgIpc) is 3.58. The molecule has 1 fully saturated rings. The number of phenols is 2. The van der Waals surface area contributed by atoms with E-state index in [1.165, 1.54) is 31.2 Å². The molecule has 0 aromatic heterocycles. The smallest absolute Gasteiger partial charge is 0.251 e. The number of nitrogens with one attached hydrogen (secondary N) is 1. The third-order valence-corrected chi connectivity index (χ3v) is 7.62. The van der Waals surface area contributed by atoms with Crippen LogP contribution in [0.1, 0.15) is 32.3 Å². The molecule has 0 spiro atoms. The number of anilines is 1. The number of rotatable bonds is 9. The van der Waals surface area contributed by atoms with Gasteiger partial charge >= 0.3 is 0 Å². The molecule has 226 valence electrons. The first-order valence-electron chi connectivity index (χ1n) is 13.6. The van der Waals surface area contributed by atoms with Crippen LogP contribution in [0.3, 0.4) is 0 Å². The van der Waals surface area contributed by atoms with Crippen molar-refractivity contribution < 1.29 is 43.5 Å². The van der Waals surface area contributed by atoms with Crippen LogP contribution in [0.5, 0.6) is 34.5 Å². The summed E-state index contributed by atoms with van der Waals surface area (Å²) in [7, 11) is 0. The Morgan fingerprint density at radius 2 is 1.93 bits per heavy atom. The fraction of sp³-hybridized carbons (Fsp3) is 0.281. The van der Waals surface area contributed by atoms with Gasteiger partial charge in [0.2, 0.25) is 12.5 Å². The van der Waals surface area contributed by atoms with Gasteiger partial charge in [-0.3, -0.25) is 4.79 Å². The number of fused-ring (bicyclic) bond motifs is 1. The molecule has 43 heavy (non-hydrogen) atoms. The van der Waals surface area contributed by atoms with E-state index in [1.807, 2.05) is 25.1 Å². The van der Waals surface area contributed by atoms with E-state index in [2.05, 4.69) is 5.32 Å². The quantitative estimate of drug-likeness (QED) is 0.128. The van der Waals surface area contributed by atoms with Crippen molar-refractivity contribution in [2.24, 2.45) is 5.92 Å². The molecule has 3 aromatic carbocycles. The molecule has 0 saturated heterocycles. The number of carbonyl (C=O) groups is 1. The van der Waals surface area contributed by atoms with Gasteiger partial charge in [-0.25, -0.2) is 4.39 Å². The van der Waals surface area contributed by atoms with Crippen LogP contribution >= 0.6 is 11.6 Å². The number of aliphatic hydroxyl groups excluding tert-OH is 1. The first-order chi connectivity index (χ1) is 20.6. The van der Waals surface area contributed by atoms with Crippen LogP contribution in [-0.2, 0) is 4.79 Å². The third-order valence-electron chi connectivity index (χ3n) is 7.38. The second kappa shape index (κ2) is 12.8. The van der Waals surface area contributed by atoms with Crippen LogP contribution in [0.2, 0.25) is 5.02 Å². The summed E-state index contributed by atoms with van der Waals surface area (Å²) in [6.45, 7) is 3.61. The molecule has 3 aromatic rings. The minimum Gasteiger partial charge on any atom is -0.505 e. The number of halogens is 2. The standard InChI is InChI=1S/C32H31ClFNO8/c1-17(8-9-40-21-5-3-4-20(33)11-21)24-12-23(14-26(24)36)43-22-7-6-19(25(34)13-22)10-18(2)32(39)35-29-27(37)15-28-31(30(29)38)42-16-41-28/h3-8,10-11,13,15,23-24,26,36-38H,9,12,14,16H2,1-2H3,(H,35,39)/b17-8+,18-10+/t23-,24-,26+/m1/s1. The van der Waals surface area contributed by atoms with E-state index in [1.54, 1.807) is 18.2 Å². The molecule has 11 heteroatoms. The zero-order valence-electron chi connectivity index (χ0n) is 23.5. The third kappa shape index (κ3) is 6.98. The van der Waals surface area contributed by atoms with Crippen LogP contribution < -0.4 is 24.3 Å². The molecule has 3 atom stereocenters. The number of ether oxygens (including phenoxy) is 4. The van der Waals surface area contributed by atoms with E-state index >= 15 is 0 Å². The predicted molar refractivity (Wildman–Crippen MR) is 158 cm³/mol. The van der Waals surface area contributed by atoms with Crippen molar-refractivity contribution >= 4 is 29.3 Å². The van der Waals surface area contributed by atoms with E-state index in [-0.39, 0.29) is 47.1 Å². The van der Waals surface area contributed by atoms with Crippen LogP contribution in [-0.4, -0.2) is 46.8 Å². The highest BCUT2D eigenvalue weighted by molar-refractivity contribution is 6.30. The predicted octanol–water partition coefficient (Wildman–Crippen LogP) is 6.20. The maximum Gasteiger partial charge on any atom is 0.251 e. The molecule has 9 nitrogen and oxygen atoms in total. The Hall–Kier alpha value is -4.41. The number of carbonyl (C=O) groups excluding carboxylic acids is 1. The Bertz CT molecular complexity index is 1590. The zero-order chi connectivity index (χ0) is 30.7. The highest BCUT2D eigenvalue weighted by atomic mass is 35.5. The van der Waals surface area contributed by atoms with Crippen molar-refractivity contribution in [2.45, 2.75) is 38.9 Å². The summed E-state index contributed by atoms with van der Waals surface area (Å²) in [6.07, 6.45) is 3.29. The fourth-order valence-corrected chi connectivity index (χ4v) is 5.25. The molecule has 1 saturated carbocycles. The molecule has 5 rings (SSSR count). The van der Waals surface area contributed by atoms with Crippen molar-refractivity contribution in [1.29, 1.82) is 0 Å². The van der Waals surface area contributed by atoms with Crippen molar-refractivity contribution in [3.63, 3.8) is 0 Å². The topological polar surface area (TPSA) is 127 Å². The first-order valence-corrected chi connectivity index (χ1v) is 14.0. The molecule has 0 radical (unpaired) electrons. The zero-order valence-corrected chi connectivity index (χ0v) is 24.2. The Morgan fingerprint density at radius 1 is 1.12 bits per heavy atom. The Labute approximate surface area is 252 Å². The SMILES string of the molecule is C/C(=C\c1ccc(O[C@@H]2C[C@H](/C(C)=C/COc3cccc(Cl)c3)[C@@H](O)C2)cc1F)C(=O)Nc1c(O)cc2c(c1O)OCO2. The molecule has 0 unspecified atom stereocenters. The lowest BCUT2D eigenvalue weighted by Crippen LogP contribution is -2.14. The van der Waals surface area contributed by atoms with Gasteiger partial charge in [0, 0.05) is 40.6 Å². The van der Waals surface area contributed by atoms with Crippen LogP contribution in [0.25, 0.3) is 6.08 Å². The summed E-state index contributed by atoms with van der Waals surface area (Å²) in [5.41, 5.74) is 0.986. The maximum absolute atomic E-state index is 15.0. The molecule has 4 N–H and O–H groups in total. The highest BCUT2D eigenvalue weighted by Crippen LogP contribution is 2.49. The molecule has 1 aliphatic heterocycles.